The van der Waals surface area contributed by atoms with Crippen molar-refractivity contribution in [2.24, 2.45) is 5.41 Å². The highest BCUT2D eigenvalue weighted by atomic mass is 31.1. The van der Waals surface area contributed by atoms with Gasteiger partial charge in [0.15, 0.2) is 0 Å². The van der Waals surface area contributed by atoms with Crippen LogP contribution in [0.15, 0.2) is 36.0 Å². The van der Waals surface area contributed by atoms with Gasteiger partial charge in [-0.1, -0.05) is 50.0 Å². The Balaban J connectivity index is 2.02. The molecule has 0 amide bonds. The Morgan fingerprint density at radius 2 is 2.27 bits per heavy atom. The molecule has 0 saturated carbocycles. The van der Waals surface area contributed by atoms with E-state index in [0.29, 0.717) is 0 Å². The van der Waals surface area contributed by atoms with Crippen molar-refractivity contribution in [1.82, 2.24) is 0 Å². The molecule has 0 aromatic rings. The van der Waals surface area contributed by atoms with Gasteiger partial charge in [-0.3, -0.25) is 0 Å². The first-order valence-electron chi connectivity index (χ1n) is 5.75. The lowest BCUT2D eigenvalue weighted by atomic mass is 9.93. The summed E-state index contributed by atoms with van der Waals surface area (Å²) in [7, 11) is 1.55. The second-order valence-electron chi connectivity index (χ2n) is 5.02. The molecular formula is C14H19P. The predicted octanol–water partition coefficient (Wildman–Crippen LogP) is 4.37. The van der Waals surface area contributed by atoms with Gasteiger partial charge in [-0.05, 0) is 24.8 Å². The molecule has 1 aliphatic carbocycles. The van der Waals surface area contributed by atoms with Crippen molar-refractivity contribution >= 4 is 14.0 Å². The normalized spacial score (nSPS) is 28.9. The highest BCUT2D eigenvalue weighted by molar-refractivity contribution is 7.39. The lowest BCUT2D eigenvalue weighted by Gasteiger charge is -2.12. The first-order chi connectivity index (χ1) is 7.16. The molecule has 2 rings (SSSR count). The van der Waals surface area contributed by atoms with Gasteiger partial charge in [0.25, 0.3) is 0 Å². The molecule has 0 nitrogen and oxygen atoms in total. The van der Waals surface area contributed by atoms with Crippen LogP contribution < -0.4 is 0 Å². The minimum atomic E-state index is 0.220. The van der Waals surface area contributed by atoms with E-state index >= 15 is 0 Å². The van der Waals surface area contributed by atoms with Gasteiger partial charge < -0.3 is 0 Å². The van der Waals surface area contributed by atoms with Crippen molar-refractivity contribution < 1.29 is 0 Å². The fraction of sp³-hybridized carbons (Fsp3) is 0.500. The molecule has 0 spiro atoms. The van der Waals surface area contributed by atoms with Gasteiger partial charge in [-0.15, -0.1) is 8.20 Å². The zero-order valence-corrected chi connectivity index (χ0v) is 10.5. The summed E-state index contributed by atoms with van der Waals surface area (Å²) < 4.78 is 0. The van der Waals surface area contributed by atoms with Crippen LogP contribution in [0.25, 0.3) is 0 Å². The van der Waals surface area contributed by atoms with Crippen LogP contribution in [-0.2, 0) is 0 Å². The minimum absolute atomic E-state index is 0.220. The Morgan fingerprint density at radius 3 is 3.00 bits per heavy atom. The maximum absolute atomic E-state index is 2.41. The molecule has 1 aliphatic heterocycles. The monoisotopic (exact) mass is 218 g/mol. The maximum Gasteiger partial charge on any atom is 0.00492 e. The Labute approximate surface area is 94.6 Å². The Kier molecular flexibility index (Phi) is 3.26. The SMILES string of the molecule is CC1(C)C=CC=C(CC2CCC=P2)C=C1. The van der Waals surface area contributed by atoms with E-state index in [9.17, 15) is 0 Å². The van der Waals surface area contributed by atoms with Crippen LogP contribution in [0.3, 0.4) is 0 Å². The van der Waals surface area contributed by atoms with Crippen molar-refractivity contribution in [3.63, 3.8) is 0 Å². The van der Waals surface area contributed by atoms with E-state index in [1.54, 1.807) is 8.20 Å². The number of hydrogen-bond acceptors (Lipinski definition) is 0. The third-order valence-corrected chi connectivity index (χ3v) is 4.31. The molecule has 2 aliphatic rings. The van der Waals surface area contributed by atoms with E-state index in [1.807, 2.05) is 0 Å². The summed E-state index contributed by atoms with van der Waals surface area (Å²) in [5.74, 6) is 2.41. The van der Waals surface area contributed by atoms with Gasteiger partial charge in [0.1, 0.15) is 0 Å². The second-order valence-corrected chi connectivity index (χ2v) is 6.42. The highest BCUT2D eigenvalue weighted by Gasteiger charge is 2.14. The van der Waals surface area contributed by atoms with Gasteiger partial charge in [-0.25, -0.2) is 0 Å². The van der Waals surface area contributed by atoms with Crippen LogP contribution in [0.2, 0.25) is 0 Å². The average Bonchev–Trinajstić information content (AvgIpc) is 2.60. The van der Waals surface area contributed by atoms with Gasteiger partial charge in [0, 0.05) is 11.1 Å². The standard InChI is InChI=1S/C14H19P/c1-14(2)8-3-5-12(7-9-14)11-13-6-4-10-15-13/h3,5,7-10,13H,4,6,11H2,1-2H3. The molecule has 0 aromatic heterocycles. The Morgan fingerprint density at radius 1 is 1.40 bits per heavy atom. The fourth-order valence-electron chi connectivity index (χ4n) is 1.98. The minimum Gasteiger partial charge on any atom is -0.105 e. The largest absolute Gasteiger partial charge is 0.105 e. The van der Waals surface area contributed by atoms with Crippen molar-refractivity contribution in [3.8, 4) is 0 Å². The van der Waals surface area contributed by atoms with Crippen LogP contribution in [0.4, 0.5) is 0 Å². The van der Waals surface area contributed by atoms with Crippen LogP contribution in [0.5, 0.6) is 0 Å². The van der Waals surface area contributed by atoms with E-state index in [2.05, 4.69) is 50.0 Å². The smallest absolute Gasteiger partial charge is 0.00492 e. The van der Waals surface area contributed by atoms with Gasteiger partial charge in [0.05, 0.1) is 0 Å². The molecule has 0 fully saturated rings. The zero-order chi connectivity index (χ0) is 10.7. The van der Waals surface area contributed by atoms with Crippen molar-refractivity contribution in [2.45, 2.75) is 38.8 Å². The summed E-state index contributed by atoms with van der Waals surface area (Å²) in [6, 6.07) is 0. The lowest BCUT2D eigenvalue weighted by molar-refractivity contribution is 0.626. The fourth-order valence-corrected chi connectivity index (χ4v) is 3.19. The van der Waals surface area contributed by atoms with Gasteiger partial charge in [-0.2, -0.15) is 0 Å². The third-order valence-electron chi connectivity index (χ3n) is 2.98. The maximum atomic E-state index is 2.41. The van der Waals surface area contributed by atoms with Crippen molar-refractivity contribution in [1.29, 1.82) is 0 Å². The lowest BCUT2D eigenvalue weighted by Crippen LogP contribution is -2.01. The summed E-state index contributed by atoms with van der Waals surface area (Å²) in [6.45, 7) is 4.50. The summed E-state index contributed by atoms with van der Waals surface area (Å²) in [4.78, 5) is 0. The van der Waals surface area contributed by atoms with E-state index in [0.717, 1.165) is 5.66 Å². The molecule has 1 heteroatoms. The molecule has 1 atom stereocenters. The first-order valence-corrected chi connectivity index (χ1v) is 6.78. The predicted molar refractivity (Wildman–Crippen MR) is 70.8 cm³/mol. The molecular weight excluding hydrogens is 199 g/mol. The zero-order valence-electron chi connectivity index (χ0n) is 9.61. The summed E-state index contributed by atoms with van der Waals surface area (Å²) in [5, 5.41) is 0. The molecule has 0 radical (unpaired) electrons. The molecule has 80 valence electrons. The molecule has 0 N–H and O–H groups in total. The van der Waals surface area contributed by atoms with E-state index in [-0.39, 0.29) is 5.41 Å². The first kappa shape index (κ1) is 10.9. The quantitative estimate of drug-likeness (QED) is 0.604. The Hall–Kier alpha value is -0.610. The molecule has 1 heterocycles. The summed E-state index contributed by atoms with van der Waals surface area (Å²) >= 11 is 0. The van der Waals surface area contributed by atoms with E-state index < -0.39 is 0 Å². The molecule has 1 unspecified atom stereocenters. The van der Waals surface area contributed by atoms with Gasteiger partial charge in [0.2, 0.25) is 0 Å². The Bertz CT molecular complexity index is 342. The van der Waals surface area contributed by atoms with Crippen LogP contribution >= 0.6 is 8.20 Å². The van der Waals surface area contributed by atoms with E-state index in [1.165, 1.54) is 24.8 Å². The molecule has 0 saturated heterocycles. The number of hydrogen-bond donors (Lipinski definition) is 0. The van der Waals surface area contributed by atoms with Crippen molar-refractivity contribution in [2.75, 3.05) is 0 Å². The second kappa shape index (κ2) is 4.49. The van der Waals surface area contributed by atoms with E-state index in [4.69, 9.17) is 0 Å². The average molecular weight is 218 g/mol. The van der Waals surface area contributed by atoms with Crippen LogP contribution in [-0.4, -0.2) is 11.5 Å². The third kappa shape index (κ3) is 3.18. The molecule has 15 heavy (non-hydrogen) atoms. The number of rotatable bonds is 2. The topological polar surface area (TPSA) is 0 Å². The van der Waals surface area contributed by atoms with Crippen LogP contribution in [0, 0.1) is 5.41 Å². The summed E-state index contributed by atoms with van der Waals surface area (Å²) in [6.07, 6.45) is 15.3. The van der Waals surface area contributed by atoms with Crippen LogP contribution in [0.1, 0.15) is 33.1 Å². The molecule has 0 aromatic carbocycles. The highest BCUT2D eigenvalue weighted by Crippen LogP contribution is 2.30. The summed E-state index contributed by atoms with van der Waals surface area (Å²) in [5.41, 5.74) is 2.58. The van der Waals surface area contributed by atoms with Crippen molar-refractivity contribution in [3.05, 3.63) is 36.0 Å². The number of allylic oxidation sites excluding steroid dienone is 6. The van der Waals surface area contributed by atoms with Gasteiger partial charge >= 0.3 is 0 Å². The molecule has 0 bridgehead atoms.